The molecule has 1 aliphatic heterocycles. The molecule has 2 amide bonds. The highest BCUT2D eigenvalue weighted by Gasteiger charge is 2.26. The number of benzene rings is 1. The first-order chi connectivity index (χ1) is 13.2. The molecular formula is C21H18N4O2. The van der Waals surface area contributed by atoms with Crippen molar-refractivity contribution < 1.29 is 9.59 Å². The molecule has 0 saturated heterocycles. The van der Waals surface area contributed by atoms with Crippen LogP contribution in [-0.4, -0.2) is 28.3 Å². The van der Waals surface area contributed by atoms with Crippen LogP contribution in [-0.2, 0) is 13.0 Å². The molecule has 1 aliphatic rings. The number of aromatic nitrogens is 2. The minimum absolute atomic E-state index is 0.195. The molecule has 3 heterocycles. The number of rotatable bonds is 4. The number of pyridine rings is 2. The van der Waals surface area contributed by atoms with Gasteiger partial charge in [0.15, 0.2) is 0 Å². The van der Waals surface area contributed by atoms with Gasteiger partial charge in [0.1, 0.15) is 11.4 Å². The van der Waals surface area contributed by atoms with Gasteiger partial charge in [-0.1, -0.05) is 30.3 Å². The van der Waals surface area contributed by atoms with Crippen LogP contribution in [0.5, 0.6) is 0 Å². The van der Waals surface area contributed by atoms with Gasteiger partial charge in [0.25, 0.3) is 11.8 Å². The molecule has 0 aliphatic carbocycles. The van der Waals surface area contributed by atoms with E-state index in [4.69, 9.17) is 0 Å². The third-order valence-electron chi connectivity index (χ3n) is 4.49. The number of carbonyl (C=O) groups is 2. The molecule has 27 heavy (non-hydrogen) atoms. The van der Waals surface area contributed by atoms with E-state index >= 15 is 0 Å². The van der Waals surface area contributed by atoms with E-state index in [9.17, 15) is 9.59 Å². The van der Waals surface area contributed by atoms with E-state index in [1.165, 1.54) is 0 Å². The Hall–Kier alpha value is -3.54. The van der Waals surface area contributed by atoms with Crippen LogP contribution >= 0.6 is 0 Å². The zero-order valence-corrected chi connectivity index (χ0v) is 14.6. The van der Waals surface area contributed by atoms with Gasteiger partial charge in [-0.3, -0.25) is 14.6 Å². The van der Waals surface area contributed by atoms with Crippen LogP contribution in [0.25, 0.3) is 0 Å². The lowest BCUT2D eigenvalue weighted by atomic mass is 10.2. The normalized spacial score (nSPS) is 12.5. The van der Waals surface area contributed by atoms with Crippen molar-refractivity contribution in [1.82, 2.24) is 15.3 Å². The predicted octanol–water partition coefficient (Wildman–Crippen LogP) is 2.61. The van der Waals surface area contributed by atoms with E-state index < -0.39 is 0 Å². The van der Waals surface area contributed by atoms with Gasteiger partial charge >= 0.3 is 0 Å². The highest BCUT2D eigenvalue weighted by atomic mass is 16.2. The Morgan fingerprint density at radius 3 is 2.63 bits per heavy atom. The SMILES string of the molecule is O=C(NCc1ccccn1)c1cccc(C(=O)N2CCc3ccccc32)n1. The summed E-state index contributed by atoms with van der Waals surface area (Å²) in [6.07, 6.45) is 2.50. The molecular weight excluding hydrogens is 340 g/mol. The van der Waals surface area contributed by atoms with Crippen molar-refractivity contribution in [2.75, 3.05) is 11.4 Å². The first-order valence-corrected chi connectivity index (χ1v) is 8.77. The Morgan fingerprint density at radius 2 is 1.78 bits per heavy atom. The molecule has 1 N–H and O–H groups in total. The largest absolute Gasteiger partial charge is 0.345 e. The van der Waals surface area contributed by atoms with Crippen molar-refractivity contribution >= 4 is 17.5 Å². The van der Waals surface area contributed by atoms with Crippen molar-refractivity contribution in [1.29, 1.82) is 0 Å². The van der Waals surface area contributed by atoms with E-state index in [1.54, 1.807) is 29.3 Å². The maximum atomic E-state index is 12.9. The Morgan fingerprint density at radius 1 is 0.963 bits per heavy atom. The number of hydrogen-bond donors (Lipinski definition) is 1. The van der Waals surface area contributed by atoms with Crippen LogP contribution in [0, 0.1) is 0 Å². The lowest BCUT2D eigenvalue weighted by molar-refractivity contribution is 0.0945. The van der Waals surface area contributed by atoms with Crippen LogP contribution in [0.3, 0.4) is 0 Å². The molecule has 0 saturated carbocycles. The van der Waals surface area contributed by atoms with E-state index in [1.807, 2.05) is 42.5 Å². The molecule has 6 heteroatoms. The highest BCUT2D eigenvalue weighted by Crippen LogP contribution is 2.28. The molecule has 0 fully saturated rings. The second kappa shape index (κ2) is 7.37. The summed E-state index contributed by atoms with van der Waals surface area (Å²) < 4.78 is 0. The fraction of sp³-hybridized carbons (Fsp3) is 0.143. The van der Waals surface area contributed by atoms with Crippen molar-refractivity contribution in [2.45, 2.75) is 13.0 Å². The third kappa shape index (κ3) is 3.55. The monoisotopic (exact) mass is 358 g/mol. The zero-order valence-electron chi connectivity index (χ0n) is 14.6. The maximum Gasteiger partial charge on any atom is 0.276 e. The Kier molecular flexibility index (Phi) is 4.61. The molecule has 0 spiro atoms. The van der Waals surface area contributed by atoms with Gasteiger partial charge in [-0.2, -0.15) is 0 Å². The number of para-hydroxylation sites is 1. The third-order valence-corrected chi connectivity index (χ3v) is 4.49. The van der Waals surface area contributed by atoms with Crippen molar-refractivity contribution in [2.24, 2.45) is 0 Å². The average Bonchev–Trinajstić information content (AvgIpc) is 3.16. The van der Waals surface area contributed by atoms with Crippen LogP contribution in [0.1, 0.15) is 32.2 Å². The summed E-state index contributed by atoms with van der Waals surface area (Å²) >= 11 is 0. The fourth-order valence-corrected chi connectivity index (χ4v) is 3.13. The van der Waals surface area contributed by atoms with Gasteiger partial charge < -0.3 is 10.2 Å². The summed E-state index contributed by atoms with van der Waals surface area (Å²) in [6, 6.07) is 18.3. The summed E-state index contributed by atoms with van der Waals surface area (Å²) in [5.41, 5.74) is 3.29. The second-order valence-corrected chi connectivity index (χ2v) is 6.25. The average molecular weight is 358 g/mol. The lowest BCUT2D eigenvalue weighted by Gasteiger charge is -2.17. The summed E-state index contributed by atoms with van der Waals surface area (Å²) in [4.78, 5) is 35.4. The van der Waals surface area contributed by atoms with Crippen LogP contribution < -0.4 is 10.2 Å². The van der Waals surface area contributed by atoms with Crippen LogP contribution in [0.4, 0.5) is 5.69 Å². The zero-order chi connectivity index (χ0) is 18.6. The summed E-state index contributed by atoms with van der Waals surface area (Å²) in [5.74, 6) is -0.531. The maximum absolute atomic E-state index is 12.9. The molecule has 1 aromatic carbocycles. The van der Waals surface area contributed by atoms with E-state index in [0.29, 0.717) is 13.1 Å². The summed E-state index contributed by atoms with van der Waals surface area (Å²) in [7, 11) is 0. The Labute approximate surface area is 156 Å². The van der Waals surface area contributed by atoms with Gasteiger partial charge in [-0.25, -0.2) is 4.98 Å². The number of anilines is 1. The van der Waals surface area contributed by atoms with Crippen molar-refractivity contribution in [3.8, 4) is 0 Å². The molecule has 0 radical (unpaired) electrons. The number of hydrogen-bond acceptors (Lipinski definition) is 4. The quantitative estimate of drug-likeness (QED) is 0.778. The smallest absolute Gasteiger partial charge is 0.276 e. The first-order valence-electron chi connectivity index (χ1n) is 8.77. The Balaban J connectivity index is 1.49. The molecule has 2 aromatic heterocycles. The first kappa shape index (κ1) is 16.9. The van der Waals surface area contributed by atoms with Crippen molar-refractivity contribution in [3.63, 3.8) is 0 Å². The van der Waals surface area contributed by atoms with E-state index in [2.05, 4.69) is 15.3 Å². The summed E-state index contributed by atoms with van der Waals surface area (Å²) in [5, 5.41) is 2.78. The number of nitrogens with zero attached hydrogens (tertiary/aromatic N) is 3. The number of carbonyl (C=O) groups excluding carboxylic acids is 2. The van der Waals surface area contributed by atoms with Gasteiger partial charge in [0, 0.05) is 18.4 Å². The summed E-state index contributed by atoms with van der Waals surface area (Å²) in [6.45, 7) is 0.926. The van der Waals surface area contributed by atoms with Gasteiger partial charge in [0.2, 0.25) is 0 Å². The molecule has 134 valence electrons. The second-order valence-electron chi connectivity index (χ2n) is 6.25. The molecule has 0 atom stereocenters. The van der Waals surface area contributed by atoms with E-state index in [-0.39, 0.29) is 23.2 Å². The number of amides is 2. The Bertz CT molecular complexity index is 988. The predicted molar refractivity (Wildman–Crippen MR) is 101 cm³/mol. The molecule has 3 aromatic rings. The van der Waals surface area contributed by atoms with E-state index in [0.717, 1.165) is 23.4 Å². The minimum atomic E-state index is -0.336. The molecule has 6 nitrogen and oxygen atoms in total. The topological polar surface area (TPSA) is 75.2 Å². The standard InChI is InChI=1S/C21H18N4O2/c26-20(23-14-16-7-3-4-12-22-16)17-8-5-9-18(24-17)21(27)25-13-11-15-6-1-2-10-19(15)25/h1-10,12H,11,13-14H2,(H,23,26). The molecule has 0 bridgehead atoms. The van der Waals surface area contributed by atoms with Gasteiger partial charge in [0.05, 0.1) is 12.2 Å². The lowest BCUT2D eigenvalue weighted by Crippen LogP contribution is -2.31. The minimum Gasteiger partial charge on any atom is -0.345 e. The highest BCUT2D eigenvalue weighted by molar-refractivity contribution is 6.06. The van der Waals surface area contributed by atoms with Gasteiger partial charge in [-0.05, 0) is 42.3 Å². The van der Waals surface area contributed by atoms with Crippen LogP contribution in [0.2, 0.25) is 0 Å². The molecule has 0 unspecified atom stereocenters. The number of nitrogens with one attached hydrogen (secondary N) is 1. The van der Waals surface area contributed by atoms with Crippen molar-refractivity contribution in [3.05, 3.63) is 89.5 Å². The number of fused-ring (bicyclic) bond motifs is 1. The van der Waals surface area contributed by atoms with Gasteiger partial charge in [-0.15, -0.1) is 0 Å². The molecule has 4 rings (SSSR count). The van der Waals surface area contributed by atoms with Crippen LogP contribution in [0.15, 0.2) is 66.9 Å². The fourth-order valence-electron chi connectivity index (χ4n) is 3.13.